The molecule has 125 valence electrons. The predicted octanol–water partition coefficient (Wildman–Crippen LogP) is 8.72. The molecule has 0 aromatic rings. The molecule has 0 aromatic heterocycles. The summed E-state index contributed by atoms with van der Waals surface area (Å²) in [6.45, 7) is 0. The Labute approximate surface area is 166 Å². The maximum Gasteiger partial charge on any atom is 0.174 e. The second-order valence-electron chi connectivity index (χ2n) is 3.07. The minimum Gasteiger partial charge on any atom is -0.211 e. The molecule has 0 atom stereocenters. The lowest BCUT2D eigenvalue weighted by Gasteiger charge is -2.45. The summed E-state index contributed by atoms with van der Waals surface area (Å²) in [6, 6.07) is 0. The number of rotatable bonds is 0. The fourth-order valence-corrected chi connectivity index (χ4v) is 37.5. The van der Waals surface area contributed by atoms with E-state index in [1.165, 1.54) is 0 Å². The van der Waals surface area contributed by atoms with Crippen LogP contribution in [-0.2, 0) is 0 Å². The second kappa shape index (κ2) is 7.84. The first kappa shape index (κ1) is 22.9. The van der Waals surface area contributed by atoms with E-state index in [4.69, 9.17) is 112 Å². The molecule has 5 nitrogen and oxygen atoms in total. The molecule has 0 saturated carbocycles. The van der Waals surface area contributed by atoms with Crippen molar-refractivity contribution in [2.45, 2.75) is 0 Å². The molecule has 20 heteroatoms. The van der Waals surface area contributed by atoms with Gasteiger partial charge in [-0.2, -0.15) is 0 Å². The van der Waals surface area contributed by atoms with Crippen molar-refractivity contribution in [3.63, 3.8) is 0 Å². The van der Waals surface area contributed by atoms with Gasteiger partial charge in [-0.1, -0.05) is 112 Å². The number of nitrogens with one attached hydrogen (secondary N) is 5. The molecule has 1 aliphatic rings. The molecule has 1 heterocycles. The number of hydrogen-bond acceptors (Lipinski definition) is 5. The number of halogens is 10. The molecule has 1 fully saturated rings. The standard InChI is InChI=1S/Cl10H5N5P5/c1-16(2)11-17(3,4)13-19(7,8)15-20(9,10)14-18(5,6)12-16/h11-15H. The Balaban J connectivity index is 3.15. The van der Waals surface area contributed by atoms with Crippen LogP contribution in [0.3, 0.4) is 0 Å². The minimum absolute atomic E-state index is 2.57. The molecule has 20 heavy (non-hydrogen) atoms. The fourth-order valence-electron chi connectivity index (χ4n) is 0.900. The average molecular weight is 584 g/mol. The van der Waals surface area contributed by atoms with E-state index < -0.39 is 31.3 Å². The molecule has 0 amide bonds. The number of hydrogen-bond donors (Lipinski definition) is 5. The van der Waals surface area contributed by atoms with Gasteiger partial charge in [-0.05, 0) is 0 Å². The monoisotopic (exact) mass is 580 g/mol. The highest BCUT2D eigenvalue weighted by molar-refractivity contribution is 8.38. The first-order chi connectivity index (χ1) is 8.54. The summed E-state index contributed by atoms with van der Waals surface area (Å²) >= 11 is 60.5. The smallest absolute Gasteiger partial charge is 0.174 e. The Kier molecular flexibility index (Phi) is 8.97. The van der Waals surface area contributed by atoms with Crippen molar-refractivity contribution >= 4 is 144 Å². The van der Waals surface area contributed by atoms with Crippen LogP contribution in [0.25, 0.3) is 0 Å². The molecule has 1 aliphatic heterocycles. The highest BCUT2D eigenvalue weighted by Crippen LogP contribution is 2.90. The Morgan fingerprint density at radius 2 is 0.400 bits per heavy atom. The summed E-state index contributed by atoms with van der Waals surface area (Å²) in [7, 11) is 0. The molecule has 0 bridgehead atoms. The highest BCUT2D eigenvalue weighted by atomic mass is 35.9. The lowest BCUT2D eigenvalue weighted by molar-refractivity contribution is 1.39. The molecule has 0 spiro atoms. The Morgan fingerprint density at radius 1 is 0.300 bits per heavy atom. The summed E-state index contributed by atoms with van der Waals surface area (Å²) in [6.07, 6.45) is -15.7. The minimum atomic E-state index is -3.15. The summed E-state index contributed by atoms with van der Waals surface area (Å²) in [5, 5.41) is 0. The van der Waals surface area contributed by atoms with E-state index in [1.807, 2.05) is 0 Å². The first-order valence-electron chi connectivity index (χ1n) is 3.93. The molecule has 1 saturated heterocycles. The topological polar surface area (TPSA) is 60.1 Å². The average Bonchev–Trinajstić information content (AvgIpc) is 1.84. The van der Waals surface area contributed by atoms with E-state index in [1.54, 1.807) is 0 Å². The van der Waals surface area contributed by atoms with Crippen LogP contribution in [0.15, 0.2) is 0 Å². The van der Waals surface area contributed by atoms with E-state index in [0.717, 1.165) is 0 Å². The molecule has 5 N–H and O–H groups in total. The van der Waals surface area contributed by atoms with Gasteiger partial charge in [-0.3, -0.25) is 0 Å². The zero-order chi connectivity index (χ0) is 16.0. The van der Waals surface area contributed by atoms with Gasteiger partial charge in [-0.25, -0.2) is 24.3 Å². The third-order valence-electron chi connectivity index (χ3n) is 1.26. The van der Waals surface area contributed by atoms with Crippen molar-refractivity contribution in [1.82, 2.24) is 24.3 Å². The molecular weight excluding hydrogens is 579 g/mol. The van der Waals surface area contributed by atoms with Gasteiger partial charge in [0.05, 0.1) is 0 Å². The van der Waals surface area contributed by atoms with Gasteiger partial charge in [0, 0.05) is 0 Å². The molecule has 0 unspecified atom stereocenters. The van der Waals surface area contributed by atoms with Crippen LogP contribution in [-0.4, -0.2) is 0 Å². The van der Waals surface area contributed by atoms with Crippen LogP contribution >= 0.6 is 144 Å². The molecular formula is H5Cl10N5P5. The maximum atomic E-state index is 6.05. The molecule has 0 aromatic carbocycles. The van der Waals surface area contributed by atoms with E-state index in [2.05, 4.69) is 24.3 Å². The van der Waals surface area contributed by atoms with Crippen molar-refractivity contribution in [2.24, 2.45) is 0 Å². The third-order valence-corrected chi connectivity index (χ3v) is 24.9. The van der Waals surface area contributed by atoms with Crippen LogP contribution in [0.4, 0.5) is 0 Å². The van der Waals surface area contributed by atoms with Crippen molar-refractivity contribution in [3.05, 3.63) is 0 Å². The first-order valence-corrected chi connectivity index (χ1v) is 21.9. The second-order valence-corrected chi connectivity index (χ2v) is 30.0. The van der Waals surface area contributed by atoms with E-state index >= 15 is 0 Å². The van der Waals surface area contributed by atoms with Gasteiger partial charge in [0.1, 0.15) is 0 Å². The van der Waals surface area contributed by atoms with E-state index in [0.29, 0.717) is 0 Å². The van der Waals surface area contributed by atoms with Gasteiger partial charge in [0.15, 0.2) is 31.3 Å². The summed E-state index contributed by atoms with van der Waals surface area (Å²) in [4.78, 5) is 12.8. The zero-order valence-corrected chi connectivity index (χ0v) is 20.5. The van der Waals surface area contributed by atoms with E-state index in [9.17, 15) is 0 Å². The zero-order valence-electron chi connectivity index (χ0n) is 8.52. The Bertz CT molecular complexity index is 268. The van der Waals surface area contributed by atoms with Crippen molar-refractivity contribution in [2.75, 3.05) is 0 Å². The van der Waals surface area contributed by atoms with Gasteiger partial charge < -0.3 is 0 Å². The van der Waals surface area contributed by atoms with Gasteiger partial charge in [0.25, 0.3) is 0 Å². The summed E-state index contributed by atoms with van der Waals surface area (Å²) in [5.74, 6) is 0. The summed E-state index contributed by atoms with van der Waals surface area (Å²) in [5.41, 5.74) is 0. The summed E-state index contributed by atoms with van der Waals surface area (Å²) < 4.78 is 0. The van der Waals surface area contributed by atoms with Crippen molar-refractivity contribution in [3.8, 4) is 0 Å². The lowest BCUT2D eigenvalue weighted by atomic mass is 13.8. The Hall–Kier alpha value is 4.85. The Morgan fingerprint density at radius 3 is 0.500 bits per heavy atom. The highest BCUT2D eigenvalue weighted by Gasteiger charge is 2.48. The maximum absolute atomic E-state index is 6.05. The van der Waals surface area contributed by atoms with Crippen LogP contribution < -0.4 is 24.3 Å². The SMILES string of the molecule is Cl[P]1(Cl)N[P](Cl)(Cl)N[P](Cl)(Cl)N[P](Cl)(Cl)N[P](Cl)(Cl)N1. The third kappa shape index (κ3) is 8.98. The van der Waals surface area contributed by atoms with Gasteiger partial charge >= 0.3 is 0 Å². The largest absolute Gasteiger partial charge is 0.211 e. The van der Waals surface area contributed by atoms with Gasteiger partial charge in [0.2, 0.25) is 0 Å². The van der Waals surface area contributed by atoms with Crippen molar-refractivity contribution in [1.29, 1.82) is 0 Å². The molecule has 1 rings (SSSR count). The van der Waals surface area contributed by atoms with Crippen LogP contribution in [0.1, 0.15) is 0 Å². The normalized spacial score (nSPS) is 31.5. The molecule has 5 radical (unpaired) electrons. The van der Waals surface area contributed by atoms with E-state index in [-0.39, 0.29) is 0 Å². The van der Waals surface area contributed by atoms with Crippen LogP contribution in [0, 0.1) is 0 Å². The van der Waals surface area contributed by atoms with Gasteiger partial charge in [-0.15, -0.1) is 0 Å². The predicted molar refractivity (Wildman–Crippen MR) is 109 cm³/mol. The van der Waals surface area contributed by atoms with Crippen LogP contribution in [0.5, 0.6) is 0 Å². The van der Waals surface area contributed by atoms with Crippen molar-refractivity contribution < 1.29 is 0 Å². The van der Waals surface area contributed by atoms with Crippen LogP contribution in [0.2, 0.25) is 0 Å². The fraction of sp³-hybridized carbons (Fsp3) is 0. The molecule has 0 aliphatic carbocycles. The quantitative estimate of drug-likeness (QED) is 0.185. The lowest BCUT2D eigenvalue weighted by Crippen LogP contribution is -2.31.